The van der Waals surface area contributed by atoms with Crippen LogP contribution < -0.4 is 14.2 Å². The summed E-state index contributed by atoms with van der Waals surface area (Å²) in [7, 11) is 4.50. The monoisotopic (exact) mass is 353 g/mol. The van der Waals surface area contributed by atoms with Crippen molar-refractivity contribution >= 4 is 16.7 Å². The van der Waals surface area contributed by atoms with E-state index in [1.54, 1.807) is 30.3 Å². The molecule has 134 valence electrons. The Bertz CT molecular complexity index is 943. The van der Waals surface area contributed by atoms with Crippen LogP contribution in [0.1, 0.15) is 21.6 Å². The van der Waals surface area contributed by atoms with E-state index in [4.69, 9.17) is 14.2 Å². The van der Waals surface area contributed by atoms with Crippen molar-refractivity contribution < 1.29 is 24.1 Å². The molecule has 3 aromatic rings. The maximum absolute atomic E-state index is 12.9. The number of hydrogen-bond donors (Lipinski definition) is 1. The summed E-state index contributed by atoms with van der Waals surface area (Å²) in [6, 6.07) is 12.1. The Morgan fingerprint density at radius 2 is 1.65 bits per heavy atom. The summed E-state index contributed by atoms with van der Waals surface area (Å²) in [4.78, 5) is 17.3. The Labute approximate surface area is 151 Å². The highest BCUT2D eigenvalue weighted by Crippen LogP contribution is 2.38. The quantitative estimate of drug-likeness (QED) is 0.687. The van der Waals surface area contributed by atoms with E-state index in [9.17, 15) is 9.90 Å². The number of aromatic nitrogens is 1. The Morgan fingerprint density at radius 1 is 0.962 bits per heavy atom. The number of nitrogens with zero attached hydrogens (tertiary/aromatic N) is 1. The first-order chi connectivity index (χ1) is 12.6. The van der Waals surface area contributed by atoms with Crippen molar-refractivity contribution in [3.8, 4) is 17.2 Å². The summed E-state index contributed by atoms with van der Waals surface area (Å²) in [5, 5.41) is 10.1. The normalized spacial score (nSPS) is 10.6. The molecule has 0 radical (unpaired) electrons. The highest BCUT2D eigenvalue weighted by Gasteiger charge is 2.19. The van der Waals surface area contributed by atoms with Crippen LogP contribution in [-0.2, 0) is 6.61 Å². The number of carbonyl (C=O) groups excluding carboxylic acids is 1. The van der Waals surface area contributed by atoms with Crippen LogP contribution in [0.3, 0.4) is 0 Å². The van der Waals surface area contributed by atoms with E-state index in [2.05, 4.69) is 4.98 Å². The number of benzene rings is 2. The van der Waals surface area contributed by atoms with Gasteiger partial charge >= 0.3 is 0 Å². The molecule has 0 amide bonds. The van der Waals surface area contributed by atoms with Crippen LogP contribution in [-0.4, -0.2) is 37.2 Å². The molecule has 6 nitrogen and oxygen atoms in total. The molecule has 2 aromatic carbocycles. The fourth-order valence-corrected chi connectivity index (χ4v) is 2.76. The fourth-order valence-electron chi connectivity index (χ4n) is 2.76. The topological polar surface area (TPSA) is 77.9 Å². The third-order valence-electron chi connectivity index (χ3n) is 4.10. The maximum Gasteiger partial charge on any atom is 0.211 e. The SMILES string of the molecule is COc1cc(C(=O)c2ccc3cc(CO)ccc3n2)cc(OC)c1OC. The van der Waals surface area contributed by atoms with Gasteiger partial charge in [-0.25, -0.2) is 4.98 Å². The van der Waals surface area contributed by atoms with Gasteiger partial charge in [0.05, 0.1) is 33.5 Å². The van der Waals surface area contributed by atoms with E-state index in [0.29, 0.717) is 34.0 Å². The van der Waals surface area contributed by atoms with Gasteiger partial charge in [-0.3, -0.25) is 4.79 Å². The van der Waals surface area contributed by atoms with Gasteiger partial charge in [0.2, 0.25) is 11.5 Å². The number of methoxy groups -OCH3 is 3. The second-order valence-corrected chi connectivity index (χ2v) is 5.62. The lowest BCUT2D eigenvalue weighted by molar-refractivity contribution is 0.103. The Kier molecular flexibility index (Phi) is 5.04. The molecule has 1 heterocycles. The summed E-state index contributed by atoms with van der Waals surface area (Å²) < 4.78 is 15.9. The highest BCUT2D eigenvalue weighted by molar-refractivity contribution is 6.09. The predicted molar refractivity (Wildman–Crippen MR) is 97.2 cm³/mol. The van der Waals surface area contributed by atoms with E-state index in [0.717, 1.165) is 10.9 Å². The third-order valence-corrected chi connectivity index (χ3v) is 4.10. The summed E-state index contributed by atoms with van der Waals surface area (Å²) in [5.74, 6) is 0.985. The van der Waals surface area contributed by atoms with Gasteiger partial charge in [0, 0.05) is 10.9 Å². The Hall–Kier alpha value is -3.12. The first-order valence-electron chi connectivity index (χ1n) is 7.96. The van der Waals surface area contributed by atoms with Crippen LogP contribution in [0.25, 0.3) is 10.9 Å². The van der Waals surface area contributed by atoms with Crippen molar-refractivity contribution in [3.05, 3.63) is 59.3 Å². The molecule has 1 N–H and O–H groups in total. The lowest BCUT2D eigenvalue weighted by atomic mass is 10.0. The van der Waals surface area contributed by atoms with Crippen molar-refractivity contribution in [1.82, 2.24) is 4.98 Å². The molecule has 0 spiro atoms. The minimum atomic E-state index is -0.252. The molecule has 3 rings (SSSR count). The fraction of sp³-hybridized carbons (Fsp3) is 0.200. The largest absolute Gasteiger partial charge is 0.493 e. The number of pyridine rings is 1. The number of carbonyl (C=O) groups is 1. The van der Waals surface area contributed by atoms with Crippen molar-refractivity contribution in [2.45, 2.75) is 6.61 Å². The average Bonchev–Trinajstić information content (AvgIpc) is 2.71. The van der Waals surface area contributed by atoms with Crippen LogP contribution in [0.5, 0.6) is 17.2 Å². The zero-order chi connectivity index (χ0) is 18.7. The van der Waals surface area contributed by atoms with E-state index in [-0.39, 0.29) is 12.4 Å². The zero-order valence-corrected chi connectivity index (χ0v) is 14.8. The minimum absolute atomic E-state index is 0.0396. The smallest absolute Gasteiger partial charge is 0.211 e. The third kappa shape index (κ3) is 3.19. The van der Waals surface area contributed by atoms with Crippen molar-refractivity contribution in [2.24, 2.45) is 0 Å². The molecule has 0 unspecified atom stereocenters. The van der Waals surface area contributed by atoms with E-state index < -0.39 is 0 Å². The van der Waals surface area contributed by atoms with E-state index in [1.807, 2.05) is 12.1 Å². The second-order valence-electron chi connectivity index (χ2n) is 5.62. The van der Waals surface area contributed by atoms with Gasteiger partial charge in [-0.1, -0.05) is 12.1 Å². The predicted octanol–water partition coefficient (Wildman–Crippen LogP) is 2.98. The van der Waals surface area contributed by atoms with Gasteiger partial charge in [-0.15, -0.1) is 0 Å². The molecule has 0 aliphatic rings. The molecule has 0 saturated heterocycles. The lowest BCUT2D eigenvalue weighted by Crippen LogP contribution is -2.06. The summed E-state index contributed by atoms with van der Waals surface area (Å²) in [5.41, 5.74) is 2.17. The Balaban J connectivity index is 2.05. The van der Waals surface area contributed by atoms with Gasteiger partial charge in [0.25, 0.3) is 0 Å². The van der Waals surface area contributed by atoms with Gasteiger partial charge in [-0.05, 0) is 35.9 Å². The molecule has 0 fully saturated rings. The molecule has 26 heavy (non-hydrogen) atoms. The molecular weight excluding hydrogens is 334 g/mol. The van der Waals surface area contributed by atoms with Crippen molar-refractivity contribution in [2.75, 3.05) is 21.3 Å². The molecule has 0 saturated carbocycles. The Morgan fingerprint density at radius 3 is 2.23 bits per heavy atom. The molecule has 0 aliphatic heterocycles. The minimum Gasteiger partial charge on any atom is -0.493 e. The number of aliphatic hydroxyl groups is 1. The van der Waals surface area contributed by atoms with Crippen LogP contribution in [0, 0.1) is 0 Å². The molecule has 6 heteroatoms. The number of rotatable bonds is 6. The molecular formula is C20H19NO5. The lowest BCUT2D eigenvalue weighted by Gasteiger charge is -2.13. The molecule has 0 aliphatic carbocycles. The van der Waals surface area contributed by atoms with Crippen LogP contribution in [0.4, 0.5) is 0 Å². The number of hydrogen-bond acceptors (Lipinski definition) is 6. The van der Waals surface area contributed by atoms with Crippen molar-refractivity contribution in [1.29, 1.82) is 0 Å². The first kappa shape index (κ1) is 17.7. The van der Waals surface area contributed by atoms with E-state index >= 15 is 0 Å². The van der Waals surface area contributed by atoms with Crippen LogP contribution >= 0.6 is 0 Å². The van der Waals surface area contributed by atoms with Gasteiger partial charge in [-0.2, -0.15) is 0 Å². The number of ketones is 1. The first-order valence-corrected chi connectivity index (χ1v) is 7.96. The van der Waals surface area contributed by atoms with Gasteiger partial charge in [0.1, 0.15) is 5.69 Å². The summed E-state index contributed by atoms with van der Waals surface area (Å²) >= 11 is 0. The number of fused-ring (bicyclic) bond motifs is 1. The van der Waals surface area contributed by atoms with Crippen LogP contribution in [0.15, 0.2) is 42.5 Å². The maximum atomic E-state index is 12.9. The van der Waals surface area contributed by atoms with Gasteiger partial charge < -0.3 is 19.3 Å². The zero-order valence-electron chi connectivity index (χ0n) is 14.8. The van der Waals surface area contributed by atoms with Crippen molar-refractivity contribution in [3.63, 3.8) is 0 Å². The number of aliphatic hydroxyl groups excluding tert-OH is 1. The summed E-state index contributed by atoms with van der Waals surface area (Å²) in [6.07, 6.45) is 0. The molecule has 0 atom stereocenters. The second kappa shape index (κ2) is 7.41. The number of ether oxygens (including phenoxy) is 3. The standard InChI is InChI=1S/C20H19NO5/c1-24-17-9-14(10-18(25-2)20(17)26-3)19(23)16-7-5-13-8-12(11-22)4-6-15(13)21-16/h4-10,22H,11H2,1-3H3. The van der Waals surface area contributed by atoms with E-state index in [1.165, 1.54) is 21.3 Å². The highest BCUT2D eigenvalue weighted by atomic mass is 16.5. The summed E-state index contributed by atoms with van der Waals surface area (Å²) in [6.45, 7) is -0.0396. The van der Waals surface area contributed by atoms with Gasteiger partial charge in [0.15, 0.2) is 11.5 Å². The molecule has 0 bridgehead atoms. The molecule has 1 aromatic heterocycles. The average molecular weight is 353 g/mol. The van der Waals surface area contributed by atoms with Crippen LogP contribution in [0.2, 0.25) is 0 Å².